The molecular formula is C13H25Cl. The molecule has 84 valence electrons. The van der Waals surface area contributed by atoms with Gasteiger partial charge >= 0.3 is 0 Å². The minimum Gasteiger partial charge on any atom is -0.123 e. The normalized spacial score (nSPS) is 31.1. The van der Waals surface area contributed by atoms with Crippen LogP contribution >= 0.6 is 11.6 Å². The Kier molecular flexibility index (Phi) is 5.93. The molecule has 0 aliphatic heterocycles. The molecule has 0 N–H and O–H groups in total. The fraction of sp³-hybridized carbons (Fsp3) is 1.00. The smallest absolute Gasteiger partial charge is 0.0338 e. The van der Waals surface area contributed by atoms with Crippen molar-refractivity contribution in [3.8, 4) is 0 Å². The van der Waals surface area contributed by atoms with Crippen LogP contribution in [0.3, 0.4) is 0 Å². The topological polar surface area (TPSA) is 0 Å². The fourth-order valence-corrected chi connectivity index (χ4v) is 3.20. The molecule has 1 fully saturated rings. The first kappa shape index (κ1) is 12.4. The fourth-order valence-electron chi connectivity index (χ4n) is 2.79. The molecule has 0 aromatic heterocycles. The summed E-state index contributed by atoms with van der Waals surface area (Å²) in [5.41, 5.74) is 0. The summed E-state index contributed by atoms with van der Waals surface area (Å²) in [6.45, 7) is 4.69. The van der Waals surface area contributed by atoms with Crippen LogP contribution in [0.5, 0.6) is 0 Å². The van der Waals surface area contributed by atoms with Crippen molar-refractivity contribution in [1.29, 1.82) is 0 Å². The first-order valence-electron chi connectivity index (χ1n) is 6.36. The summed E-state index contributed by atoms with van der Waals surface area (Å²) in [6, 6.07) is 0. The minimum absolute atomic E-state index is 0.469. The zero-order valence-electron chi connectivity index (χ0n) is 9.77. The van der Waals surface area contributed by atoms with Crippen molar-refractivity contribution in [2.45, 2.75) is 70.6 Å². The van der Waals surface area contributed by atoms with Crippen molar-refractivity contribution >= 4 is 11.6 Å². The summed E-state index contributed by atoms with van der Waals surface area (Å²) in [4.78, 5) is 0. The van der Waals surface area contributed by atoms with Crippen molar-refractivity contribution in [1.82, 2.24) is 0 Å². The zero-order chi connectivity index (χ0) is 10.4. The first-order chi connectivity index (χ1) is 6.72. The number of hydrogen-bond donors (Lipinski definition) is 0. The summed E-state index contributed by atoms with van der Waals surface area (Å²) < 4.78 is 0. The van der Waals surface area contributed by atoms with Crippen LogP contribution in [0.1, 0.15) is 65.2 Å². The monoisotopic (exact) mass is 216 g/mol. The van der Waals surface area contributed by atoms with Crippen molar-refractivity contribution < 1.29 is 0 Å². The maximum atomic E-state index is 6.28. The van der Waals surface area contributed by atoms with Crippen LogP contribution in [0.4, 0.5) is 0 Å². The number of rotatable bonds is 4. The van der Waals surface area contributed by atoms with Crippen LogP contribution in [-0.2, 0) is 0 Å². The molecule has 14 heavy (non-hydrogen) atoms. The predicted molar refractivity (Wildman–Crippen MR) is 64.9 cm³/mol. The van der Waals surface area contributed by atoms with E-state index >= 15 is 0 Å². The Balaban J connectivity index is 2.27. The van der Waals surface area contributed by atoms with Crippen molar-refractivity contribution in [2.24, 2.45) is 11.8 Å². The third-order valence-electron chi connectivity index (χ3n) is 3.49. The van der Waals surface area contributed by atoms with Crippen LogP contribution in [0.2, 0.25) is 0 Å². The lowest BCUT2D eigenvalue weighted by molar-refractivity contribution is 0.342. The van der Waals surface area contributed by atoms with Crippen LogP contribution in [0, 0.1) is 11.8 Å². The average Bonchev–Trinajstić information content (AvgIpc) is 2.30. The molecule has 3 unspecified atom stereocenters. The van der Waals surface area contributed by atoms with Gasteiger partial charge in [0.1, 0.15) is 0 Å². The molecular weight excluding hydrogens is 192 g/mol. The van der Waals surface area contributed by atoms with Gasteiger partial charge in [0.05, 0.1) is 0 Å². The second-order valence-electron chi connectivity index (χ2n) is 5.11. The Hall–Kier alpha value is 0.290. The molecule has 0 amide bonds. The van der Waals surface area contributed by atoms with Crippen molar-refractivity contribution in [2.75, 3.05) is 0 Å². The third kappa shape index (κ3) is 4.68. The maximum absolute atomic E-state index is 6.28. The van der Waals surface area contributed by atoms with E-state index in [1.807, 2.05) is 0 Å². The third-order valence-corrected chi connectivity index (χ3v) is 3.88. The Morgan fingerprint density at radius 2 is 2.00 bits per heavy atom. The second kappa shape index (κ2) is 6.71. The highest BCUT2D eigenvalue weighted by Crippen LogP contribution is 2.31. The predicted octanol–water partition coefficient (Wildman–Crippen LogP) is 5.00. The standard InChI is InChI=1S/C13H25Cl/c1-3-6-11(2)9-12-7-4-5-8-13(14)10-12/h11-13H,3-10H2,1-2H3. The van der Waals surface area contributed by atoms with Crippen LogP contribution in [-0.4, -0.2) is 5.38 Å². The quantitative estimate of drug-likeness (QED) is 0.458. The maximum Gasteiger partial charge on any atom is 0.0338 e. The molecule has 0 nitrogen and oxygen atoms in total. The van der Waals surface area contributed by atoms with Gasteiger partial charge in [-0.25, -0.2) is 0 Å². The number of alkyl halides is 1. The van der Waals surface area contributed by atoms with Gasteiger partial charge in [0, 0.05) is 5.38 Å². The molecule has 1 aliphatic rings. The highest BCUT2D eigenvalue weighted by molar-refractivity contribution is 6.20. The van der Waals surface area contributed by atoms with Gasteiger partial charge in [-0.1, -0.05) is 46.0 Å². The first-order valence-corrected chi connectivity index (χ1v) is 6.80. The lowest BCUT2D eigenvalue weighted by atomic mass is 9.88. The highest BCUT2D eigenvalue weighted by Gasteiger charge is 2.19. The van der Waals surface area contributed by atoms with E-state index in [0.29, 0.717) is 5.38 Å². The number of halogens is 1. The summed E-state index contributed by atoms with van der Waals surface area (Å²) in [5.74, 6) is 1.83. The molecule has 0 aromatic rings. The van der Waals surface area contributed by atoms with E-state index in [9.17, 15) is 0 Å². The zero-order valence-corrected chi connectivity index (χ0v) is 10.5. The lowest BCUT2D eigenvalue weighted by Crippen LogP contribution is -2.09. The van der Waals surface area contributed by atoms with E-state index < -0.39 is 0 Å². The molecule has 1 saturated carbocycles. The second-order valence-corrected chi connectivity index (χ2v) is 5.73. The van der Waals surface area contributed by atoms with Gasteiger partial charge in [-0.2, -0.15) is 0 Å². The van der Waals surface area contributed by atoms with E-state index in [4.69, 9.17) is 11.6 Å². The molecule has 1 heteroatoms. The Labute approximate surface area is 94.4 Å². The van der Waals surface area contributed by atoms with Gasteiger partial charge in [0.2, 0.25) is 0 Å². The van der Waals surface area contributed by atoms with E-state index in [1.54, 1.807) is 0 Å². The molecule has 3 atom stereocenters. The summed E-state index contributed by atoms with van der Waals surface area (Å²) in [7, 11) is 0. The van der Waals surface area contributed by atoms with Gasteiger partial charge < -0.3 is 0 Å². The molecule has 1 aliphatic carbocycles. The number of hydrogen-bond acceptors (Lipinski definition) is 0. The molecule has 0 bridgehead atoms. The molecule has 0 radical (unpaired) electrons. The van der Waals surface area contributed by atoms with Crippen molar-refractivity contribution in [3.05, 3.63) is 0 Å². The van der Waals surface area contributed by atoms with Gasteiger partial charge in [0.25, 0.3) is 0 Å². The molecule has 1 rings (SSSR count). The highest BCUT2D eigenvalue weighted by atomic mass is 35.5. The average molecular weight is 217 g/mol. The molecule has 0 heterocycles. The van der Waals surface area contributed by atoms with Gasteiger partial charge in [-0.05, 0) is 31.1 Å². The van der Waals surface area contributed by atoms with Crippen LogP contribution in [0.25, 0.3) is 0 Å². The SMILES string of the molecule is CCCC(C)CC1CCCCC(Cl)C1. The van der Waals surface area contributed by atoms with E-state index in [-0.39, 0.29) is 0 Å². The van der Waals surface area contributed by atoms with Gasteiger partial charge in [-0.3, -0.25) is 0 Å². The molecule has 0 spiro atoms. The Morgan fingerprint density at radius 1 is 1.29 bits per heavy atom. The van der Waals surface area contributed by atoms with Crippen LogP contribution < -0.4 is 0 Å². The molecule has 0 aromatic carbocycles. The summed E-state index contributed by atoms with van der Waals surface area (Å²) in [6.07, 6.45) is 10.9. The summed E-state index contributed by atoms with van der Waals surface area (Å²) in [5, 5.41) is 0.469. The van der Waals surface area contributed by atoms with Gasteiger partial charge in [0.15, 0.2) is 0 Å². The molecule has 0 saturated heterocycles. The summed E-state index contributed by atoms with van der Waals surface area (Å²) >= 11 is 6.28. The Bertz CT molecular complexity index is 144. The largest absolute Gasteiger partial charge is 0.123 e. The van der Waals surface area contributed by atoms with Crippen LogP contribution in [0.15, 0.2) is 0 Å². The van der Waals surface area contributed by atoms with E-state index in [1.165, 1.54) is 51.4 Å². The minimum atomic E-state index is 0.469. The van der Waals surface area contributed by atoms with E-state index in [2.05, 4.69) is 13.8 Å². The van der Waals surface area contributed by atoms with Crippen molar-refractivity contribution in [3.63, 3.8) is 0 Å². The Morgan fingerprint density at radius 3 is 2.71 bits per heavy atom. The van der Waals surface area contributed by atoms with Gasteiger partial charge in [-0.15, -0.1) is 11.6 Å². The lowest BCUT2D eigenvalue weighted by Gasteiger charge is -2.20. The van der Waals surface area contributed by atoms with E-state index in [0.717, 1.165) is 11.8 Å².